The number of aryl methyl sites for hydroxylation is 1. The lowest BCUT2D eigenvalue weighted by Gasteiger charge is -2.33. The molecule has 1 aliphatic rings. The fourth-order valence-corrected chi connectivity index (χ4v) is 4.46. The lowest BCUT2D eigenvalue weighted by atomic mass is 9.96. The van der Waals surface area contributed by atoms with Crippen LogP contribution >= 0.6 is 0 Å². The maximum Gasteiger partial charge on any atom is 0.281 e. The second-order valence-electron chi connectivity index (χ2n) is 6.76. The standard InChI is InChI=1S/C17H26N6O2S/c1-4-9-23-17(7-8-19-23)16-12-18-11-15(20-16)14-6-5-10-22(13-14)26(24,25)21(2)3/h7-8,11-12,14H,4-6,9-10,13H2,1-3H3. The van der Waals surface area contributed by atoms with E-state index in [4.69, 9.17) is 4.98 Å². The molecule has 0 spiro atoms. The van der Waals surface area contributed by atoms with Gasteiger partial charge in [0.05, 0.1) is 17.6 Å². The van der Waals surface area contributed by atoms with Crippen molar-refractivity contribution in [1.29, 1.82) is 0 Å². The van der Waals surface area contributed by atoms with Crippen LogP contribution in [0.5, 0.6) is 0 Å². The van der Waals surface area contributed by atoms with Crippen LogP contribution in [0.15, 0.2) is 24.7 Å². The highest BCUT2D eigenvalue weighted by atomic mass is 32.2. The first-order valence-corrected chi connectivity index (χ1v) is 10.3. The van der Waals surface area contributed by atoms with Crippen LogP contribution in [0.4, 0.5) is 0 Å². The van der Waals surface area contributed by atoms with Crippen LogP contribution in [0.2, 0.25) is 0 Å². The summed E-state index contributed by atoms with van der Waals surface area (Å²) in [5, 5.41) is 4.34. The summed E-state index contributed by atoms with van der Waals surface area (Å²) in [6.45, 7) is 3.92. The molecule has 0 saturated carbocycles. The molecular weight excluding hydrogens is 352 g/mol. The fourth-order valence-electron chi connectivity index (χ4n) is 3.27. The van der Waals surface area contributed by atoms with Crippen molar-refractivity contribution < 1.29 is 8.42 Å². The average molecular weight is 379 g/mol. The van der Waals surface area contributed by atoms with Gasteiger partial charge in [-0.2, -0.15) is 22.1 Å². The van der Waals surface area contributed by atoms with Gasteiger partial charge in [-0.15, -0.1) is 0 Å². The second kappa shape index (κ2) is 7.81. The van der Waals surface area contributed by atoms with Crippen molar-refractivity contribution in [3.63, 3.8) is 0 Å². The van der Waals surface area contributed by atoms with Crippen LogP contribution in [0.25, 0.3) is 11.4 Å². The number of aromatic nitrogens is 4. The van der Waals surface area contributed by atoms with E-state index in [2.05, 4.69) is 17.0 Å². The fraction of sp³-hybridized carbons (Fsp3) is 0.588. The summed E-state index contributed by atoms with van der Waals surface area (Å²) in [7, 11) is -0.276. The van der Waals surface area contributed by atoms with Gasteiger partial charge in [0.1, 0.15) is 5.69 Å². The predicted molar refractivity (Wildman–Crippen MR) is 99.7 cm³/mol. The van der Waals surface area contributed by atoms with Crippen LogP contribution < -0.4 is 0 Å². The molecule has 26 heavy (non-hydrogen) atoms. The maximum absolute atomic E-state index is 12.4. The third kappa shape index (κ3) is 3.79. The van der Waals surface area contributed by atoms with Crippen LogP contribution in [0, 0.1) is 0 Å². The first-order valence-electron chi connectivity index (χ1n) is 8.95. The summed E-state index contributed by atoms with van der Waals surface area (Å²) in [6.07, 6.45) is 7.97. The van der Waals surface area contributed by atoms with Gasteiger partial charge in [0.15, 0.2) is 0 Å². The van der Waals surface area contributed by atoms with Gasteiger partial charge in [0.2, 0.25) is 0 Å². The molecule has 3 heterocycles. The van der Waals surface area contributed by atoms with Crippen molar-refractivity contribution in [2.75, 3.05) is 27.2 Å². The van der Waals surface area contributed by atoms with E-state index in [-0.39, 0.29) is 5.92 Å². The molecule has 1 atom stereocenters. The number of hydrogen-bond donors (Lipinski definition) is 0. The van der Waals surface area contributed by atoms with E-state index in [1.54, 1.807) is 32.7 Å². The van der Waals surface area contributed by atoms with E-state index >= 15 is 0 Å². The highest BCUT2D eigenvalue weighted by Crippen LogP contribution is 2.28. The van der Waals surface area contributed by atoms with E-state index in [9.17, 15) is 8.42 Å². The minimum absolute atomic E-state index is 0.0495. The van der Waals surface area contributed by atoms with Crippen molar-refractivity contribution in [3.8, 4) is 11.4 Å². The SMILES string of the molecule is CCCn1nccc1-c1cncc(C2CCCN(S(=O)(=O)N(C)C)C2)n1. The van der Waals surface area contributed by atoms with Crippen molar-refractivity contribution in [2.45, 2.75) is 38.6 Å². The molecule has 0 aromatic carbocycles. The van der Waals surface area contributed by atoms with E-state index in [0.29, 0.717) is 13.1 Å². The molecule has 1 fully saturated rings. The van der Waals surface area contributed by atoms with Gasteiger partial charge in [-0.25, -0.2) is 4.98 Å². The van der Waals surface area contributed by atoms with E-state index in [0.717, 1.165) is 42.9 Å². The maximum atomic E-state index is 12.4. The number of nitrogens with zero attached hydrogens (tertiary/aromatic N) is 6. The zero-order valence-corrected chi connectivity index (χ0v) is 16.4. The monoisotopic (exact) mass is 378 g/mol. The quantitative estimate of drug-likeness (QED) is 0.764. The van der Waals surface area contributed by atoms with Gasteiger partial charge in [-0.3, -0.25) is 9.67 Å². The largest absolute Gasteiger partial charge is 0.281 e. The Morgan fingerprint density at radius 1 is 1.31 bits per heavy atom. The molecule has 2 aromatic heterocycles. The zero-order valence-electron chi connectivity index (χ0n) is 15.5. The average Bonchev–Trinajstić information content (AvgIpc) is 3.10. The summed E-state index contributed by atoms with van der Waals surface area (Å²) in [5.41, 5.74) is 2.56. The van der Waals surface area contributed by atoms with Gasteiger partial charge >= 0.3 is 0 Å². The molecule has 0 N–H and O–H groups in total. The van der Waals surface area contributed by atoms with Gasteiger partial charge in [0, 0.05) is 52.0 Å². The van der Waals surface area contributed by atoms with Gasteiger partial charge in [-0.1, -0.05) is 6.92 Å². The number of hydrogen-bond acceptors (Lipinski definition) is 5. The summed E-state index contributed by atoms with van der Waals surface area (Å²) in [6, 6.07) is 1.94. The first-order chi connectivity index (χ1) is 12.4. The van der Waals surface area contributed by atoms with Crippen LogP contribution in [-0.2, 0) is 16.8 Å². The number of rotatable bonds is 6. The smallest absolute Gasteiger partial charge is 0.263 e. The van der Waals surface area contributed by atoms with Crippen molar-refractivity contribution in [2.24, 2.45) is 0 Å². The summed E-state index contributed by atoms with van der Waals surface area (Å²) >= 11 is 0. The molecule has 9 heteroatoms. The molecule has 1 aliphatic heterocycles. The van der Waals surface area contributed by atoms with Crippen molar-refractivity contribution in [3.05, 3.63) is 30.4 Å². The van der Waals surface area contributed by atoms with E-state index in [1.807, 2.05) is 10.7 Å². The van der Waals surface area contributed by atoms with Gasteiger partial charge in [0.25, 0.3) is 10.2 Å². The third-order valence-corrected chi connectivity index (χ3v) is 6.56. The molecule has 3 rings (SSSR count). The van der Waals surface area contributed by atoms with Crippen LogP contribution in [0.1, 0.15) is 37.8 Å². The minimum atomic E-state index is -3.40. The molecule has 8 nitrogen and oxygen atoms in total. The summed E-state index contributed by atoms with van der Waals surface area (Å²) in [5.74, 6) is 0.0495. The summed E-state index contributed by atoms with van der Waals surface area (Å²) in [4.78, 5) is 9.14. The molecule has 142 valence electrons. The normalized spacial score (nSPS) is 19.2. The Balaban J connectivity index is 1.85. The molecule has 0 radical (unpaired) electrons. The molecule has 2 aromatic rings. The predicted octanol–water partition coefficient (Wildman–Crippen LogP) is 1.74. The molecule has 1 saturated heterocycles. The Labute approximate surface area is 155 Å². The Bertz CT molecular complexity index is 848. The van der Waals surface area contributed by atoms with Crippen LogP contribution in [0.3, 0.4) is 0 Å². The van der Waals surface area contributed by atoms with Crippen molar-refractivity contribution in [1.82, 2.24) is 28.4 Å². The van der Waals surface area contributed by atoms with E-state index in [1.165, 1.54) is 8.61 Å². The number of piperidine rings is 1. The Kier molecular flexibility index (Phi) is 5.69. The Hall–Kier alpha value is -1.84. The lowest BCUT2D eigenvalue weighted by Crippen LogP contribution is -2.45. The molecular formula is C17H26N6O2S. The van der Waals surface area contributed by atoms with Crippen LogP contribution in [-0.4, -0.2) is 64.0 Å². The minimum Gasteiger partial charge on any atom is -0.263 e. The van der Waals surface area contributed by atoms with E-state index < -0.39 is 10.2 Å². The molecule has 0 amide bonds. The topological polar surface area (TPSA) is 84.2 Å². The molecule has 0 bridgehead atoms. The Morgan fingerprint density at radius 2 is 2.12 bits per heavy atom. The second-order valence-corrected chi connectivity index (χ2v) is 8.90. The third-order valence-electron chi connectivity index (χ3n) is 4.66. The van der Waals surface area contributed by atoms with Crippen molar-refractivity contribution >= 4 is 10.2 Å². The molecule has 1 unspecified atom stereocenters. The highest BCUT2D eigenvalue weighted by molar-refractivity contribution is 7.86. The highest BCUT2D eigenvalue weighted by Gasteiger charge is 2.31. The zero-order chi connectivity index (χ0) is 18.7. The van der Waals surface area contributed by atoms with Gasteiger partial charge in [-0.05, 0) is 25.3 Å². The van der Waals surface area contributed by atoms with Gasteiger partial charge < -0.3 is 0 Å². The summed E-state index contributed by atoms with van der Waals surface area (Å²) < 4.78 is 29.6. The molecule has 0 aliphatic carbocycles. The first kappa shape index (κ1) is 18.9. The Morgan fingerprint density at radius 3 is 2.85 bits per heavy atom. The lowest BCUT2D eigenvalue weighted by molar-refractivity contribution is 0.296.